The topological polar surface area (TPSA) is 87.3 Å². The molecule has 0 saturated heterocycles. The number of hydrogen-bond acceptors (Lipinski definition) is 5. The highest BCUT2D eigenvalue weighted by Gasteiger charge is 2.17. The molecule has 0 saturated carbocycles. The molecular formula is C30H27N3O3S2. The van der Waals surface area contributed by atoms with Gasteiger partial charge < -0.3 is 16.0 Å². The number of thioether (sulfide) groups is 1. The quantitative estimate of drug-likeness (QED) is 0.165. The molecular weight excluding hydrogens is 514 g/mol. The van der Waals surface area contributed by atoms with Gasteiger partial charge in [-0.2, -0.15) is 0 Å². The lowest BCUT2D eigenvalue weighted by Crippen LogP contribution is -2.30. The second-order valence-electron chi connectivity index (χ2n) is 8.49. The SMILES string of the molecule is Cc1cccc(NC(=O)C(C)Sc2ccc(NC(=O)/C(=C/c3cccs3)NC(=O)c3ccccc3)cc2)c1. The smallest absolute Gasteiger partial charge is 0.272 e. The molecule has 192 valence electrons. The van der Waals surface area contributed by atoms with E-state index in [1.807, 2.05) is 73.8 Å². The van der Waals surface area contributed by atoms with Crippen LogP contribution in [0.1, 0.15) is 27.7 Å². The van der Waals surface area contributed by atoms with Crippen LogP contribution in [-0.2, 0) is 9.59 Å². The van der Waals surface area contributed by atoms with E-state index in [0.717, 1.165) is 21.0 Å². The number of amides is 3. The van der Waals surface area contributed by atoms with Crippen molar-refractivity contribution in [1.29, 1.82) is 0 Å². The zero-order chi connectivity index (χ0) is 26.9. The number of aryl methyl sites for hydroxylation is 1. The zero-order valence-corrected chi connectivity index (χ0v) is 22.6. The highest BCUT2D eigenvalue weighted by molar-refractivity contribution is 8.00. The maximum Gasteiger partial charge on any atom is 0.272 e. The van der Waals surface area contributed by atoms with Crippen LogP contribution in [0.25, 0.3) is 6.08 Å². The van der Waals surface area contributed by atoms with Crippen LogP contribution in [0.2, 0.25) is 0 Å². The van der Waals surface area contributed by atoms with Crippen molar-refractivity contribution in [2.75, 3.05) is 10.6 Å². The maximum absolute atomic E-state index is 13.1. The van der Waals surface area contributed by atoms with Gasteiger partial charge in [0.15, 0.2) is 0 Å². The second-order valence-corrected chi connectivity index (χ2v) is 10.9. The molecule has 4 rings (SSSR count). The molecule has 4 aromatic rings. The Bertz CT molecular complexity index is 1430. The molecule has 0 aliphatic rings. The fourth-order valence-corrected chi connectivity index (χ4v) is 5.02. The molecule has 0 spiro atoms. The lowest BCUT2D eigenvalue weighted by Gasteiger charge is -2.13. The first-order valence-corrected chi connectivity index (χ1v) is 13.7. The normalized spacial score (nSPS) is 11.9. The van der Waals surface area contributed by atoms with Gasteiger partial charge in [-0.1, -0.05) is 36.4 Å². The molecule has 1 aromatic heterocycles. The Labute approximate surface area is 230 Å². The van der Waals surface area contributed by atoms with Crippen molar-refractivity contribution in [3.63, 3.8) is 0 Å². The van der Waals surface area contributed by atoms with E-state index < -0.39 is 5.91 Å². The van der Waals surface area contributed by atoms with Crippen LogP contribution < -0.4 is 16.0 Å². The highest BCUT2D eigenvalue weighted by Crippen LogP contribution is 2.26. The van der Waals surface area contributed by atoms with Crippen molar-refractivity contribution >= 4 is 58.3 Å². The zero-order valence-electron chi connectivity index (χ0n) is 20.9. The van der Waals surface area contributed by atoms with Crippen LogP contribution in [-0.4, -0.2) is 23.0 Å². The minimum atomic E-state index is -0.436. The second kappa shape index (κ2) is 12.9. The number of carbonyl (C=O) groups excluding carboxylic acids is 3. The van der Waals surface area contributed by atoms with Crippen molar-refractivity contribution in [2.24, 2.45) is 0 Å². The first kappa shape index (κ1) is 26.9. The van der Waals surface area contributed by atoms with Gasteiger partial charge in [0, 0.05) is 26.7 Å². The largest absolute Gasteiger partial charge is 0.325 e. The van der Waals surface area contributed by atoms with Gasteiger partial charge in [-0.15, -0.1) is 23.1 Å². The van der Waals surface area contributed by atoms with Crippen molar-refractivity contribution in [3.05, 3.63) is 118 Å². The van der Waals surface area contributed by atoms with E-state index in [1.54, 1.807) is 42.5 Å². The van der Waals surface area contributed by atoms with E-state index in [0.29, 0.717) is 11.3 Å². The fourth-order valence-electron chi connectivity index (χ4n) is 3.50. The van der Waals surface area contributed by atoms with Gasteiger partial charge in [-0.3, -0.25) is 14.4 Å². The Morgan fingerprint density at radius 2 is 1.61 bits per heavy atom. The summed E-state index contributed by atoms with van der Waals surface area (Å²) in [5.74, 6) is -0.891. The first-order valence-electron chi connectivity index (χ1n) is 11.9. The van der Waals surface area contributed by atoms with E-state index in [-0.39, 0.29) is 22.8 Å². The fraction of sp³-hybridized carbons (Fsp3) is 0.100. The summed E-state index contributed by atoms with van der Waals surface area (Å²) in [7, 11) is 0. The Kier molecular flexibility index (Phi) is 9.13. The highest BCUT2D eigenvalue weighted by atomic mass is 32.2. The molecule has 0 aliphatic carbocycles. The Hall–Kier alpha value is -4.14. The molecule has 0 bridgehead atoms. The van der Waals surface area contributed by atoms with Gasteiger partial charge in [0.25, 0.3) is 11.8 Å². The number of thiophene rings is 1. The lowest BCUT2D eigenvalue weighted by molar-refractivity contribution is -0.115. The standard InChI is InChI=1S/C30H27N3O3S2/c1-20-8-6-11-24(18-20)32-28(34)21(2)38-25-15-13-23(14-16-25)31-30(36)27(19-26-12-7-17-37-26)33-29(35)22-9-4-3-5-10-22/h3-19,21H,1-2H3,(H,31,36)(H,32,34)(H,33,35)/b27-19-. The van der Waals surface area contributed by atoms with Crippen LogP contribution in [0, 0.1) is 6.92 Å². The molecule has 1 heterocycles. The summed E-state index contributed by atoms with van der Waals surface area (Å²) in [5, 5.41) is 10.1. The molecule has 1 atom stereocenters. The lowest BCUT2D eigenvalue weighted by atomic mass is 10.2. The van der Waals surface area contributed by atoms with Crippen LogP contribution in [0.15, 0.2) is 107 Å². The molecule has 3 aromatic carbocycles. The third-order valence-corrected chi connectivity index (χ3v) is 7.37. The predicted molar refractivity (Wildman–Crippen MR) is 156 cm³/mol. The van der Waals surface area contributed by atoms with Gasteiger partial charge in [-0.25, -0.2) is 0 Å². The number of carbonyl (C=O) groups is 3. The molecule has 3 amide bonds. The van der Waals surface area contributed by atoms with E-state index >= 15 is 0 Å². The van der Waals surface area contributed by atoms with Gasteiger partial charge in [0.1, 0.15) is 5.70 Å². The Balaban J connectivity index is 1.39. The average molecular weight is 542 g/mol. The summed E-state index contributed by atoms with van der Waals surface area (Å²) >= 11 is 2.89. The summed E-state index contributed by atoms with van der Waals surface area (Å²) in [6.07, 6.45) is 1.65. The Morgan fingerprint density at radius 1 is 0.842 bits per heavy atom. The van der Waals surface area contributed by atoms with Crippen LogP contribution in [0.5, 0.6) is 0 Å². The third kappa shape index (κ3) is 7.68. The van der Waals surface area contributed by atoms with Crippen LogP contribution in [0.3, 0.4) is 0 Å². The van der Waals surface area contributed by atoms with Gasteiger partial charge in [0.2, 0.25) is 5.91 Å². The molecule has 6 nitrogen and oxygen atoms in total. The van der Waals surface area contributed by atoms with Gasteiger partial charge >= 0.3 is 0 Å². The van der Waals surface area contributed by atoms with E-state index in [4.69, 9.17) is 0 Å². The van der Waals surface area contributed by atoms with Crippen molar-refractivity contribution in [2.45, 2.75) is 24.0 Å². The summed E-state index contributed by atoms with van der Waals surface area (Å²) < 4.78 is 0. The predicted octanol–water partition coefficient (Wildman–Crippen LogP) is 6.59. The molecule has 3 N–H and O–H groups in total. The summed E-state index contributed by atoms with van der Waals surface area (Å²) in [6, 6.07) is 27.4. The van der Waals surface area contributed by atoms with E-state index in [2.05, 4.69) is 16.0 Å². The number of hydrogen-bond donors (Lipinski definition) is 3. The van der Waals surface area contributed by atoms with Crippen molar-refractivity contribution < 1.29 is 14.4 Å². The minimum absolute atomic E-state index is 0.0875. The maximum atomic E-state index is 13.1. The van der Waals surface area contributed by atoms with E-state index in [1.165, 1.54) is 23.1 Å². The van der Waals surface area contributed by atoms with E-state index in [9.17, 15) is 14.4 Å². The number of anilines is 2. The van der Waals surface area contributed by atoms with Crippen molar-refractivity contribution in [3.8, 4) is 0 Å². The molecule has 0 fully saturated rings. The van der Waals surface area contributed by atoms with Crippen LogP contribution >= 0.6 is 23.1 Å². The molecule has 8 heteroatoms. The molecule has 38 heavy (non-hydrogen) atoms. The molecule has 0 radical (unpaired) electrons. The van der Waals surface area contributed by atoms with Crippen LogP contribution in [0.4, 0.5) is 11.4 Å². The average Bonchev–Trinajstić information content (AvgIpc) is 3.43. The molecule has 0 aliphatic heterocycles. The van der Waals surface area contributed by atoms with Gasteiger partial charge in [0.05, 0.1) is 5.25 Å². The third-order valence-electron chi connectivity index (χ3n) is 5.44. The monoisotopic (exact) mass is 541 g/mol. The Morgan fingerprint density at radius 3 is 2.29 bits per heavy atom. The number of rotatable bonds is 9. The number of benzene rings is 3. The number of nitrogens with one attached hydrogen (secondary N) is 3. The minimum Gasteiger partial charge on any atom is -0.325 e. The summed E-state index contributed by atoms with van der Waals surface area (Å²) in [5.41, 5.74) is 3.02. The first-order chi connectivity index (χ1) is 18.4. The van der Waals surface area contributed by atoms with Crippen molar-refractivity contribution in [1.82, 2.24) is 5.32 Å². The van der Waals surface area contributed by atoms with Gasteiger partial charge in [-0.05, 0) is 85.5 Å². The molecule has 1 unspecified atom stereocenters. The summed E-state index contributed by atoms with van der Waals surface area (Å²) in [6.45, 7) is 3.83. The summed E-state index contributed by atoms with van der Waals surface area (Å²) in [4.78, 5) is 40.2.